The fourth-order valence-electron chi connectivity index (χ4n) is 9.04. The zero-order valence-electron chi connectivity index (χ0n) is 48.1. The van der Waals surface area contributed by atoms with Crippen molar-refractivity contribution in [1.82, 2.24) is 47.4 Å². The van der Waals surface area contributed by atoms with Crippen LogP contribution >= 0.6 is 12.6 Å². The topological polar surface area (TPSA) is 486 Å². The van der Waals surface area contributed by atoms with Crippen LogP contribution in [0.15, 0.2) is 30.3 Å². The smallest absolute Gasteiger partial charge is 0.327 e. The van der Waals surface area contributed by atoms with Gasteiger partial charge in [0.05, 0.1) is 18.9 Å². The number of hydrogen-bond acceptors (Lipinski definition) is 17. The van der Waals surface area contributed by atoms with Crippen molar-refractivity contribution in [1.29, 1.82) is 0 Å². The van der Waals surface area contributed by atoms with Crippen LogP contribution in [-0.4, -0.2) is 183 Å². The van der Waals surface area contributed by atoms with Gasteiger partial charge < -0.3 is 85.7 Å². The minimum absolute atomic E-state index is 0.000435. The van der Waals surface area contributed by atoms with Gasteiger partial charge in [-0.15, -0.1) is 0 Å². The summed E-state index contributed by atoms with van der Waals surface area (Å²) in [6, 6.07) is -5.72. The molecule has 2 rings (SSSR count). The number of thiol groups is 1. The highest BCUT2D eigenvalue weighted by Gasteiger charge is 2.41. The molecule has 0 saturated carbocycles. The number of carboxylic acid groups (broad SMARTS) is 3. The zero-order valence-corrected chi connectivity index (χ0v) is 49.0. The molecule has 1 heterocycles. The van der Waals surface area contributed by atoms with Gasteiger partial charge in [-0.25, -0.2) is 4.79 Å². The molecule has 0 radical (unpaired) electrons. The second kappa shape index (κ2) is 37.7. The molecule has 0 bridgehead atoms. The number of nitrogens with one attached hydrogen (secondary N) is 8. The maximum absolute atomic E-state index is 14.4. The maximum Gasteiger partial charge on any atom is 0.327 e. The zero-order chi connectivity index (χ0) is 63.2. The summed E-state index contributed by atoms with van der Waals surface area (Å²) in [6.07, 6.45) is -0.770. The van der Waals surface area contributed by atoms with Crippen LogP contribution in [0.25, 0.3) is 0 Å². The highest BCUT2D eigenvalue weighted by atomic mass is 32.1. The van der Waals surface area contributed by atoms with Crippen LogP contribution in [0.4, 0.5) is 0 Å². The molecule has 1 saturated heterocycles. The molecule has 1 aromatic carbocycles. The molecule has 0 spiro atoms. The number of nitrogens with zero attached hydrogens (tertiary/aromatic N) is 1. The van der Waals surface area contributed by atoms with Gasteiger partial charge in [-0.3, -0.25) is 57.5 Å². The SMILES string of the molecule is CC[C@H](C)[C@H](NC(=O)[C@H](CC(=O)O)NC(=O)[C@H](CCC(N)=O)NC(=O)[C@H](CC(C)C)NC(=O)[C@@H](N)Cc1ccccc1)C(=O)N[C@@H](CCCCN)C(=O)N[C@@H](CCCCN)C(=O)N1CCC[C@H]1C(=O)N[C@@H](CC(=O)O)C(=O)N[C@@H](CS)C(=O)O. The number of primary amides is 1. The van der Waals surface area contributed by atoms with E-state index in [1.54, 1.807) is 58.0 Å². The number of carboxylic acids is 3. The first kappa shape index (κ1) is 72.7. The predicted octanol–water partition coefficient (Wildman–Crippen LogP) is -2.99. The van der Waals surface area contributed by atoms with Gasteiger partial charge in [0.1, 0.15) is 54.4 Å². The number of hydrogen-bond donors (Lipinski definition) is 16. The van der Waals surface area contributed by atoms with Gasteiger partial charge >= 0.3 is 17.9 Å². The molecule has 29 nitrogen and oxygen atoms in total. The maximum atomic E-state index is 14.4. The van der Waals surface area contributed by atoms with E-state index >= 15 is 0 Å². The van der Waals surface area contributed by atoms with Crippen molar-refractivity contribution in [3.05, 3.63) is 35.9 Å². The molecule has 0 aromatic heterocycles. The molecule has 10 amide bonds. The Bertz CT molecular complexity index is 2420. The number of amides is 10. The Kier molecular flexibility index (Phi) is 32.6. The number of carbonyl (C=O) groups excluding carboxylic acids is 10. The Hall–Kier alpha value is -7.44. The summed E-state index contributed by atoms with van der Waals surface area (Å²) < 4.78 is 0. The highest BCUT2D eigenvalue weighted by Crippen LogP contribution is 2.21. The van der Waals surface area contributed by atoms with E-state index in [1.807, 2.05) is 0 Å². The fourth-order valence-corrected chi connectivity index (χ4v) is 9.29. The molecule has 0 unspecified atom stereocenters. The summed E-state index contributed by atoms with van der Waals surface area (Å²) in [4.78, 5) is 174. The average Bonchev–Trinajstić information content (AvgIpc) is 3.76. The van der Waals surface area contributed by atoms with E-state index in [1.165, 1.54) is 0 Å². The van der Waals surface area contributed by atoms with Crippen molar-refractivity contribution in [2.24, 2.45) is 34.8 Å². The van der Waals surface area contributed by atoms with Crippen LogP contribution in [0.3, 0.4) is 0 Å². The second-order valence-electron chi connectivity index (χ2n) is 21.2. The van der Waals surface area contributed by atoms with E-state index in [0.717, 1.165) is 10.5 Å². The minimum Gasteiger partial charge on any atom is -0.481 e. The summed E-state index contributed by atoms with van der Waals surface area (Å²) in [5.41, 5.74) is 23.9. The van der Waals surface area contributed by atoms with E-state index in [4.69, 9.17) is 22.9 Å². The van der Waals surface area contributed by atoms with E-state index < -0.39 is 169 Å². The van der Waals surface area contributed by atoms with E-state index in [-0.39, 0.29) is 82.7 Å². The van der Waals surface area contributed by atoms with Crippen LogP contribution in [0.1, 0.15) is 123 Å². The van der Waals surface area contributed by atoms with E-state index in [2.05, 4.69) is 55.2 Å². The number of nitrogens with two attached hydrogens (primary N) is 4. The largest absolute Gasteiger partial charge is 0.481 e. The third-order valence-electron chi connectivity index (χ3n) is 13.9. The van der Waals surface area contributed by atoms with Crippen LogP contribution in [-0.2, 0) is 68.7 Å². The lowest BCUT2D eigenvalue weighted by atomic mass is 9.96. The molecule has 0 aliphatic carbocycles. The van der Waals surface area contributed by atoms with Gasteiger partial charge in [-0.2, -0.15) is 12.6 Å². The molecule has 1 fully saturated rings. The van der Waals surface area contributed by atoms with Gasteiger partial charge in [0, 0.05) is 18.7 Å². The Morgan fingerprint density at radius 3 is 1.61 bits per heavy atom. The lowest BCUT2D eigenvalue weighted by molar-refractivity contribution is -0.145. The molecule has 1 aromatic rings. The van der Waals surface area contributed by atoms with Crippen LogP contribution in [0, 0.1) is 11.8 Å². The molecule has 19 N–H and O–H groups in total. The first-order chi connectivity index (χ1) is 39.7. The van der Waals surface area contributed by atoms with Crippen LogP contribution in [0.2, 0.25) is 0 Å². The highest BCUT2D eigenvalue weighted by molar-refractivity contribution is 7.80. The molecule has 1 aliphatic heterocycles. The summed E-state index contributed by atoms with van der Waals surface area (Å²) in [7, 11) is 0. The van der Waals surface area contributed by atoms with Crippen molar-refractivity contribution >= 4 is 89.6 Å². The number of likely N-dealkylation sites (tertiary alicyclic amines) is 1. The van der Waals surface area contributed by atoms with E-state index in [0.29, 0.717) is 19.3 Å². The molecule has 470 valence electrons. The summed E-state index contributed by atoms with van der Waals surface area (Å²) in [5.74, 6) is -15.0. The Morgan fingerprint density at radius 1 is 0.607 bits per heavy atom. The molecule has 11 atom stereocenters. The average molecular weight is 1210 g/mol. The normalized spacial score (nSPS) is 16.5. The Balaban J connectivity index is 2.44. The number of benzene rings is 1. The van der Waals surface area contributed by atoms with Crippen molar-refractivity contribution < 1.29 is 77.6 Å². The fraction of sp³-hybridized carbons (Fsp3) is 0.648. The van der Waals surface area contributed by atoms with Crippen LogP contribution in [0.5, 0.6) is 0 Å². The lowest BCUT2D eigenvalue weighted by Crippen LogP contribution is -2.61. The first-order valence-electron chi connectivity index (χ1n) is 28.2. The van der Waals surface area contributed by atoms with Crippen molar-refractivity contribution in [3.8, 4) is 0 Å². The van der Waals surface area contributed by atoms with E-state index in [9.17, 15) is 77.6 Å². The quantitative estimate of drug-likeness (QED) is 0.0230. The van der Waals surface area contributed by atoms with Crippen LogP contribution < -0.4 is 65.5 Å². The number of carbonyl (C=O) groups is 13. The predicted molar refractivity (Wildman–Crippen MR) is 307 cm³/mol. The number of unbranched alkanes of at least 4 members (excludes halogenated alkanes) is 2. The molecule has 1 aliphatic rings. The van der Waals surface area contributed by atoms with Gasteiger partial charge in [0.15, 0.2) is 0 Å². The monoisotopic (exact) mass is 1210 g/mol. The third kappa shape index (κ3) is 25.6. The summed E-state index contributed by atoms with van der Waals surface area (Å²) in [6.45, 7) is 7.22. The van der Waals surface area contributed by atoms with Gasteiger partial charge in [-0.05, 0) is 101 Å². The van der Waals surface area contributed by atoms with Gasteiger partial charge in [0.25, 0.3) is 0 Å². The van der Waals surface area contributed by atoms with Crippen molar-refractivity contribution in [3.63, 3.8) is 0 Å². The second-order valence-corrected chi connectivity index (χ2v) is 21.6. The van der Waals surface area contributed by atoms with Gasteiger partial charge in [0.2, 0.25) is 59.1 Å². The summed E-state index contributed by atoms with van der Waals surface area (Å²) in [5, 5.41) is 48.6. The summed E-state index contributed by atoms with van der Waals surface area (Å²) >= 11 is 3.89. The van der Waals surface area contributed by atoms with Crippen molar-refractivity contribution in [2.75, 3.05) is 25.4 Å². The van der Waals surface area contributed by atoms with Gasteiger partial charge in [-0.1, -0.05) is 64.4 Å². The molecular formula is C54H87N13O16S. The van der Waals surface area contributed by atoms with Crippen molar-refractivity contribution in [2.45, 2.75) is 184 Å². The molecule has 30 heteroatoms. The standard InChI is InChI=1S/C54H87N13O16S/c1-5-30(4)44(66-50(78)38(27-43(71)72)63-47(75)34(19-20-41(58)68)59-48(76)36(24-29(2)3)62-45(73)32(57)25-31-14-7-6-8-15-31)52(80)60-33(16-9-11-21-55)46(74)61-35(17-10-12-22-56)53(81)67-23-13-18-40(67)51(79)64-37(26-42(69)70)49(77)65-39(28-84)54(82)83/h6-8,14-15,29-30,32-40,44,84H,5,9-13,16-28,55-57H2,1-4H3,(H2,58,68)(H,59,76)(H,60,80)(H,61,74)(H,62,73)(H,63,75)(H,64,79)(H,65,77)(H,66,78)(H,69,70)(H,71,72)(H,82,83)/t30-,32-,33-,34-,35-,36-,37-,38-,39-,40-,44-/m0/s1. The lowest BCUT2D eigenvalue weighted by Gasteiger charge is -2.31. The Morgan fingerprint density at radius 2 is 1.08 bits per heavy atom. The number of aliphatic carboxylic acids is 3. The minimum atomic E-state index is -1.91. The molecule has 84 heavy (non-hydrogen) atoms. The third-order valence-corrected chi connectivity index (χ3v) is 14.2. The first-order valence-corrected chi connectivity index (χ1v) is 28.8. The molecular weight excluding hydrogens is 1120 g/mol. The Labute approximate surface area is 493 Å². The number of rotatable bonds is 40.